The van der Waals surface area contributed by atoms with E-state index in [4.69, 9.17) is 4.74 Å². The van der Waals surface area contributed by atoms with Gasteiger partial charge in [0.05, 0.1) is 20.1 Å². The monoisotopic (exact) mass is 424 g/mol. The third-order valence-electron chi connectivity index (χ3n) is 7.49. The molecule has 166 valence electrons. The Morgan fingerprint density at radius 3 is 2.55 bits per heavy atom. The van der Waals surface area contributed by atoms with Gasteiger partial charge in [0.1, 0.15) is 19.0 Å². The summed E-state index contributed by atoms with van der Waals surface area (Å²) < 4.78 is 6.75. The quantitative estimate of drug-likeness (QED) is 0.520. The van der Waals surface area contributed by atoms with Crippen molar-refractivity contribution in [1.82, 2.24) is 9.97 Å². The summed E-state index contributed by atoms with van der Waals surface area (Å²) in [5.41, 5.74) is 0.227. The Labute approximate surface area is 184 Å². The van der Waals surface area contributed by atoms with E-state index >= 15 is 0 Å². The molecule has 2 aromatic rings. The van der Waals surface area contributed by atoms with E-state index in [0.717, 1.165) is 68.1 Å². The van der Waals surface area contributed by atoms with Gasteiger partial charge in [-0.1, -0.05) is 43.2 Å². The van der Waals surface area contributed by atoms with Crippen molar-refractivity contribution in [2.45, 2.75) is 56.6 Å². The summed E-state index contributed by atoms with van der Waals surface area (Å²) in [6.07, 6.45) is 12.2. The number of benzene rings is 1. The first-order valence-corrected chi connectivity index (χ1v) is 11.6. The van der Waals surface area contributed by atoms with Crippen LogP contribution in [0.3, 0.4) is 0 Å². The molecule has 0 spiro atoms. The maximum absolute atomic E-state index is 13.3. The molecule has 1 saturated carbocycles. The van der Waals surface area contributed by atoms with Gasteiger partial charge in [0.15, 0.2) is 5.60 Å². The average Bonchev–Trinajstić information content (AvgIpc) is 3.48. The van der Waals surface area contributed by atoms with Gasteiger partial charge in [-0.15, -0.1) is 0 Å². The average molecular weight is 425 g/mol. The second-order valence-electron chi connectivity index (χ2n) is 9.43. The van der Waals surface area contributed by atoms with Crippen LogP contribution in [0, 0.1) is 5.92 Å². The highest BCUT2D eigenvalue weighted by Crippen LogP contribution is 2.41. The lowest BCUT2D eigenvalue weighted by Gasteiger charge is -2.37. The number of esters is 1. The van der Waals surface area contributed by atoms with Crippen LogP contribution in [0.5, 0.6) is 0 Å². The van der Waals surface area contributed by atoms with Crippen molar-refractivity contribution in [3.63, 3.8) is 0 Å². The van der Waals surface area contributed by atoms with Gasteiger partial charge in [-0.25, -0.2) is 14.8 Å². The highest BCUT2D eigenvalue weighted by atomic mass is 16.6. The first-order chi connectivity index (χ1) is 15.0. The molecule has 3 atom stereocenters. The number of likely N-dealkylation sites (N-methyl/N-ethyl adjacent to an activating group) is 1. The lowest BCUT2D eigenvalue weighted by molar-refractivity contribution is -0.921. The number of quaternary nitrogens is 1. The fourth-order valence-electron chi connectivity index (χ4n) is 5.42. The fraction of sp³-hybridized carbons (Fsp3) is 0.560. The van der Waals surface area contributed by atoms with E-state index < -0.39 is 11.6 Å². The second-order valence-corrected chi connectivity index (χ2v) is 9.43. The molecule has 2 aliphatic rings. The van der Waals surface area contributed by atoms with Gasteiger partial charge in [-0.05, 0) is 24.0 Å². The molecule has 0 radical (unpaired) electrons. The maximum atomic E-state index is 13.3. The van der Waals surface area contributed by atoms with Gasteiger partial charge in [-0.2, -0.15) is 0 Å². The molecule has 2 fully saturated rings. The molecule has 31 heavy (non-hydrogen) atoms. The molecule has 1 aliphatic carbocycles. The lowest BCUT2D eigenvalue weighted by Crippen LogP contribution is -2.52. The third kappa shape index (κ3) is 4.65. The predicted molar refractivity (Wildman–Crippen MR) is 118 cm³/mol. The van der Waals surface area contributed by atoms with E-state index in [2.05, 4.69) is 17.0 Å². The molecule has 1 N–H and O–H groups in total. The first-order valence-electron chi connectivity index (χ1n) is 11.6. The number of carbonyl (C=O) groups excluding carboxylic acids is 1. The van der Waals surface area contributed by atoms with Crippen LogP contribution in [-0.4, -0.2) is 58.3 Å². The number of rotatable bonds is 8. The summed E-state index contributed by atoms with van der Waals surface area (Å²) in [6, 6.07) is 9.59. The number of aromatic nitrogens is 2. The van der Waals surface area contributed by atoms with Crippen molar-refractivity contribution >= 4 is 5.97 Å². The molecule has 6 nitrogen and oxygen atoms in total. The SMILES string of the molecule is C[N+]1(CCc2cncnc2)CCCC1COC(=O)[C@](O)(c1ccccc1)C1CCCC1. The molecule has 0 amide bonds. The Kier molecular flexibility index (Phi) is 6.68. The molecule has 1 aromatic carbocycles. The van der Waals surface area contributed by atoms with E-state index in [9.17, 15) is 9.90 Å². The molecule has 0 bridgehead atoms. The topological polar surface area (TPSA) is 72.3 Å². The number of likely N-dealkylation sites (tertiary alicyclic amines) is 1. The molecular weight excluding hydrogens is 390 g/mol. The third-order valence-corrected chi connectivity index (χ3v) is 7.49. The maximum Gasteiger partial charge on any atom is 0.343 e. The van der Waals surface area contributed by atoms with Crippen LogP contribution in [0.25, 0.3) is 0 Å². The molecule has 2 unspecified atom stereocenters. The Hall–Kier alpha value is -2.31. The smallest absolute Gasteiger partial charge is 0.343 e. The van der Waals surface area contributed by atoms with Crippen molar-refractivity contribution in [3.8, 4) is 0 Å². The van der Waals surface area contributed by atoms with Crippen molar-refractivity contribution in [2.75, 3.05) is 26.7 Å². The van der Waals surface area contributed by atoms with Crippen molar-refractivity contribution < 1.29 is 19.1 Å². The zero-order valence-electron chi connectivity index (χ0n) is 18.4. The van der Waals surface area contributed by atoms with Gasteiger partial charge in [0.25, 0.3) is 0 Å². The summed E-state index contributed by atoms with van der Waals surface area (Å²) >= 11 is 0. The van der Waals surface area contributed by atoms with E-state index in [1.165, 1.54) is 0 Å². The highest BCUT2D eigenvalue weighted by molar-refractivity contribution is 5.81. The molecule has 2 heterocycles. The summed E-state index contributed by atoms with van der Waals surface area (Å²) in [6.45, 7) is 2.38. The Morgan fingerprint density at radius 1 is 1.13 bits per heavy atom. The minimum absolute atomic E-state index is 0.0788. The second kappa shape index (κ2) is 9.45. The summed E-state index contributed by atoms with van der Waals surface area (Å²) in [5, 5.41) is 11.6. The standard InChI is InChI=1S/C25H34N3O3/c1-28(15-13-20-16-26-19-27-17-20)14-7-12-23(28)18-31-24(29)25(30,22-10-5-6-11-22)21-8-3-2-4-9-21/h2-4,8-9,16-17,19,22-23,30H,5-7,10-15,18H2,1H3/q+1/t23?,25-,28?/m0/s1. The van der Waals surface area contributed by atoms with Gasteiger partial charge < -0.3 is 14.3 Å². The van der Waals surface area contributed by atoms with Crippen LogP contribution in [0.15, 0.2) is 49.1 Å². The minimum Gasteiger partial charge on any atom is -0.457 e. The van der Waals surface area contributed by atoms with E-state index in [1.54, 1.807) is 6.33 Å². The molecular formula is C25H34N3O3+. The van der Waals surface area contributed by atoms with E-state index in [-0.39, 0.29) is 12.0 Å². The molecule has 4 rings (SSSR count). The normalized spacial score (nSPS) is 25.9. The molecule has 1 saturated heterocycles. The van der Waals surface area contributed by atoms with Gasteiger partial charge >= 0.3 is 5.97 Å². The Balaban J connectivity index is 1.43. The largest absolute Gasteiger partial charge is 0.457 e. The molecule has 6 heteroatoms. The van der Waals surface area contributed by atoms with E-state index in [0.29, 0.717) is 12.2 Å². The van der Waals surface area contributed by atoms with Crippen LogP contribution in [0.1, 0.15) is 49.7 Å². The van der Waals surface area contributed by atoms with Crippen LogP contribution in [-0.2, 0) is 21.6 Å². The van der Waals surface area contributed by atoms with Crippen molar-refractivity contribution in [1.29, 1.82) is 0 Å². The number of hydrogen-bond donors (Lipinski definition) is 1. The van der Waals surface area contributed by atoms with Crippen LogP contribution in [0.2, 0.25) is 0 Å². The van der Waals surface area contributed by atoms with Crippen LogP contribution >= 0.6 is 0 Å². The lowest BCUT2D eigenvalue weighted by atomic mass is 9.80. The zero-order valence-corrected chi connectivity index (χ0v) is 18.4. The molecule has 1 aromatic heterocycles. The van der Waals surface area contributed by atoms with Crippen LogP contribution < -0.4 is 0 Å². The minimum atomic E-state index is -1.55. The van der Waals surface area contributed by atoms with Crippen LogP contribution in [0.4, 0.5) is 0 Å². The van der Waals surface area contributed by atoms with Gasteiger partial charge in [-0.3, -0.25) is 0 Å². The van der Waals surface area contributed by atoms with Crippen molar-refractivity contribution in [3.05, 3.63) is 60.2 Å². The number of carbonyl (C=O) groups is 1. The Bertz CT molecular complexity index is 857. The fourth-order valence-corrected chi connectivity index (χ4v) is 5.42. The summed E-state index contributed by atoms with van der Waals surface area (Å²) in [7, 11) is 2.25. The predicted octanol–water partition coefficient (Wildman–Crippen LogP) is 3.25. The number of aliphatic hydroxyl groups is 1. The highest BCUT2D eigenvalue weighted by Gasteiger charge is 2.48. The molecule has 1 aliphatic heterocycles. The number of hydrogen-bond acceptors (Lipinski definition) is 5. The Morgan fingerprint density at radius 2 is 1.84 bits per heavy atom. The summed E-state index contributed by atoms with van der Waals surface area (Å²) in [4.78, 5) is 21.5. The zero-order chi connectivity index (χ0) is 21.7. The number of ether oxygens (including phenoxy) is 1. The van der Waals surface area contributed by atoms with Gasteiger partial charge in [0.2, 0.25) is 0 Å². The van der Waals surface area contributed by atoms with E-state index in [1.807, 2.05) is 42.7 Å². The van der Waals surface area contributed by atoms with Crippen molar-refractivity contribution in [2.24, 2.45) is 5.92 Å². The van der Waals surface area contributed by atoms with Gasteiger partial charge in [0, 0.05) is 37.6 Å². The number of nitrogens with zero attached hydrogens (tertiary/aromatic N) is 3. The summed E-state index contributed by atoms with van der Waals surface area (Å²) in [5.74, 6) is -0.564. The first kappa shape index (κ1) is 21.9.